The van der Waals surface area contributed by atoms with Gasteiger partial charge in [-0.25, -0.2) is 0 Å². The Bertz CT molecular complexity index is 794. The smallest absolute Gasteiger partial charge is 0.191 e. The van der Waals surface area contributed by atoms with Crippen LogP contribution in [-0.4, -0.2) is 12.2 Å². The molecule has 0 aliphatic rings. The predicted molar refractivity (Wildman–Crippen MR) is 96.0 cm³/mol. The van der Waals surface area contributed by atoms with E-state index in [0.717, 1.165) is 16.7 Å². The molecule has 0 heterocycles. The van der Waals surface area contributed by atoms with Crippen LogP contribution in [0, 0.1) is 0 Å². The van der Waals surface area contributed by atoms with Crippen molar-refractivity contribution in [1.29, 1.82) is 0 Å². The first kappa shape index (κ1) is 14.5. The van der Waals surface area contributed by atoms with E-state index in [1.54, 1.807) is 7.11 Å². The Balaban J connectivity index is 2.21. The molecule has 22 heavy (non-hydrogen) atoms. The summed E-state index contributed by atoms with van der Waals surface area (Å²) >= 11 is 5.35. The lowest BCUT2D eigenvalue weighted by atomic mass is 9.92. The van der Waals surface area contributed by atoms with E-state index in [1.807, 2.05) is 24.3 Å². The van der Waals surface area contributed by atoms with Crippen molar-refractivity contribution in [2.75, 3.05) is 7.11 Å². The fraction of sp³-hybridized carbons (Fsp3) is 0.0500. The number of hydrogen-bond donors (Lipinski definition) is 0. The van der Waals surface area contributed by atoms with Gasteiger partial charge in [-0.2, -0.15) is 0 Å². The summed E-state index contributed by atoms with van der Waals surface area (Å²) in [7, 11) is 1.61. The van der Waals surface area contributed by atoms with Crippen molar-refractivity contribution in [2.45, 2.75) is 0 Å². The van der Waals surface area contributed by atoms with E-state index in [0.29, 0.717) is 5.05 Å². The Morgan fingerprint density at radius 3 is 1.91 bits per heavy atom. The van der Waals surface area contributed by atoms with Crippen LogP contribution in [0.3, 0.4) is 0 Å². The summed E-state index contributed by atoms with van der Waals surface area (Å²) in [6.07, 6.45) is 0. The number of benzene rings is 3. The van der Waals surface area contributed by atoms with Crippen LogP contribution in [0.5, 0.6) is 0 Å². The highest BCUT2D eigenvalue weighted by Gasteiger charge is 2.13. The van der Waals surface area contributed by atoms with Gasteiger partial charge >= 0.3 is 0 Å². The molecule has 0 atom stereocenters. The Kier molecular flexibility index (Phi) is 4.31. The van der Waals surface area contributed by atoms with Gasteiger partial charge in [0, 0.05) is 5.56 Å². The summed E-state index contributed by atoms with van der Waals surface area (Å²) < 4.78 is 5.28. The molecule has 0 N–H and O–H groups in total. The third-order valence-corrected chi connectivity index (χ3v) is 4.02. The van der Waals surface area contributed by atoms with Gasteiger partial charge in [0.15, 0.2) is 5.05 Å². The molecular weight excluding hydrogens is 288 g/mol. The Hall–Kier alpha value is -2.45. The zero-order chi connectivity index (χ0) is 15.4. The fourth-order valence-electron chi connectivity index (χ4n) is 2.59. The average Bonchev–Trinajstić information content (AvgIpc) is 2.62. The molecule has 0 unspecified atom stereocenters. The zero-order valence-electron chi connectivity index (χ0n) is 12.3. The number of ether oxygens (including phenoxy) is 1. The van der Waals surface area contributed by atoms with Crippen molar-refractivity contribution in [3.05, 3.63) is 84.4 Å². The normalized spacial score (nSPS) is 10.2. The predicted octanol–water partition coefficient (Wildman–Crippen LogP) is 5.34. The minimum atomic E-state index is 0.512. The zero-order valence-corrected chi connectivity index (χ0v) is 13.1. The molecule has 2 heteroatoms. The third kappa shape index (κ3) is 2.78. The van der Waals surface area contributed by atoms with Crippen LogP contribution in [0.1, 0.15) is 5.56 Å². The van der Waals surface area contributed by atoms with E-state index >= 15 is 0 Å². The molecule has 3 rings (SSSR count). The van der Waals surface area contributed by atoms with Crippen molar-refractivity contribution < 1.29 is 4.74 Å². The third-order valence-electron chi connectivity index (χ3n) is 3.63. The Labute approximate surface area is 136 Å². The van der Waals surface area contributed by atoms with Gasteiger partial charge in [0.25, 0.3) is 0 Å². The number of thiocarbonyl (C=S) groups is 1. The van der Waals surface area contributed by atoms with E-state index in [1.165, 1.54) is 11.1 Å². The molecule has 0 bridgehead atoms. The van der Waals surface area contributed by atoms with E-state index in [9.17, 15) is 0 Å². The average molecular weight is 304 g/mol. The molecule has 3 aromatic rings. The first-order valence-corrected chi connectivity index (χ1v) is 7.54. The number of hydrogen-bond acceptors (Lipinski definition) is 2. The van der Waals surface area contributed by atoms with Gasteiger partial charge < -0.3 is 4.74 Å². The van der Waals surface area contributed by atoms with E-state index in [2.05, 4.69) is 54.6 Å². The fourth-order valence-corrected chi connectivity index (χ4v) is 2.77. The van der Waals surface area contributed by atoms with Crippen LogP contribution in [0.4, 0.5) is 0 Å². The molecule has 0 aromatic heterocycles. The highest BCUT2D eigenvalue weighted by molar-refractivity contribution is 7.80. The summed E-state index contributed by atoms with van der Waals surface area (Å²) in [5.41, 5.74) is 5.58. The lowest BCUT2D eigenvalue weighted by Gasteiger charge is -2.14. The number of methoxy groups -OCH3 is 1. The van der Waals surface area contributed by atoms with Crippen molar-refractivity contribution in [3.8, 4) is 22.3 Å². The molecule has 1 nitrogen and oxygen atoms in total. The summed E-state index contributed by atoms with van der Waals surface area (Å²) in [4.78, 5) is 0. The molecule has 0 spiro atoms. The first-order valence-electron chi connectivity index (χ1n) is 7.13. The quantitative estimate of drug-likeness (QED) is 0.604. The van der Waals surface area contributed by atoms with Crippen LogP contribution in [0.15, 0.2) is 78.9 Å². The standard InChI is InChI=1S/C20H16OS/c1-21-20(22)19-14-8-7-13-18(19)17-12-6-5-11-16(17)15-9-3-2-4-10-15/h2-14H,1H3. The summed E-state index contributed by atoms with van der Waals surface area (Å²) in [5.74, 6) is 0. The molecule has 3 aromatic carbocycles. The van der Waals surface area contributed by atoms with E-state index in [-0.39, 0.29) is 0 Å². The molecule has 108 valence electrons. The van der Waals surface area contributed by atoms with Gasteiger partial charge in [0.1, 0.15) is 0 Å². The minimum Gasteiger partial charge on any atom is -0.486 e. The number of rotatable bonds is 3. The molecule has 0 aliphatic heterocycles. The summed E-state index contributed by atoms with van der Waals surface area (Å²) in [6, 6.07) is 26.8. The molecule has 0 radical (unpaired) electrons. The van der Waals surface area contributed by atoms with E-state index < -0.39 is 0 Å². The topological polar surface area (TPSA) is 9.23 Å². The molecule has 0 fully saturated rings. The van der Waals surface area contributed by atoms with Crippen LogP contribution in [-0.2, 0) is 4.74 Å². The molecule has 0 amide bonds. The van der Waals surface area contributed by atoms with E-state index in [4.69, 9.17) is 17.0 Å². The van der Waals surface area contributed by atoms with Gasteiger partial charge in [-0.3, -0.25) is 0 Å². The highest BCUT2D eigenvalue weighted by atomic mass is 32.1. The Morgan fingerprint density at radius 2 is 1.23 bits per heavy atom. The maximum atomic E-state index is 5.35. The highest BCUT2D eigenvalue weighted by Crippen LogP contribution is 2.34. The van der Waals surface area contributed by atoms with Gasteiger partial charge in [-0.05, 0) is 40.5 Å². The largest absolute Gasteiger partial charge is 0.486 e. The second kappa shape index (κ2) is 6.54. The Morgan fingerprint density at radius 1 is 0.682 bits per heavy atom. The van der Waals surface area contributed by atoms with Crippen LogP contribution < -0.4 is 0 Å². The maximum absolute atomic E-state index is 5.35. The van der Waals surface area contributed by atoms with Crippen LogP contribution in [0.2, 0.25) is 0 Å². The maximum Gasteiger partial charge on any atom is 0.191 e. The van der Waals surface area contributed by atoms with Crippen molar-refractivity contribution in [1.82, 2.24) is 0 Å². The second-order valence-corrected chi connectivity index (χ2v) is 5.32. The molecule has 0 saturated carbocycles. The van der Waals surface area contributed by atoms with Crippen LogP contribution in [0.25, 0.3) is 22.3 Å². The van der Waals surface area contributed by atoms with Crippen molar-refractivity contribution in [2.24, 2.45) is 0 Å². The van der Waals surface area contributed by atoms with Gasteiger partial charge in [-0.15, -0.1) is 0 Å². The SMILES string of the molecule is COC(=S)c1ccccc1-c1ccccc1-c1ccccc1. The van der Waals surface area contributed by atoms with Gasteiger partial charge in [0.05, 0.1) is 7.11 Å². The lowest BCUT2D eigenvalue weighted by Crippen LogP contribution is -2.02. The lowest BCUT2D eigenvalue weighted by molar-refractivity contribution is 0.416. The molecule has 0 aliphatic carbocycles. The minimum absolute atomic E-state index is 0.512. The molecular formula is C20H16OS. The second-order valence-electron chi connectivity index (χ2n) is 4.95. The first-order chi connectivity index (χ1) is 10.8. The van der Waals surface area contributed by atoms with Gasteiger partial charge in [-0.1, -0.05) is 72.8 Å². The van der Waals surface area contributed by atoms with Crippen LogP contribution >= 0.6 is 12.2 Å². The summed E-state index contributed by atoms with van der Waals surface area (Å²) in [6.45, 7) is 0. The van der Waals surface area contributed by atoms with Crippen molar-refractivity contribution in [3.63, 3.8) is 0 Å². The molecule has 0 saturated heterocycles. The van der Waals surface area contributed by atoms with Gasteiger partial charge in [0.2, 0.25) is 0 Å². The summed E-state index contributed by atoms with van der Waals surface area (Å²) in [5, 5.41) is 0.512. The monoisotopic (exact) mass is 304 g/mol. The van der Waals surface area contributed by atoms with Crippen molar-refractivity contribution >= 4 is 17.3 Å².